The van der Waals surface area contributed by atoms with Crippen LogP contribution in [-0.2, 0) is 0 Å². The van der Waals surface area contributed by atoms with Crippen LogP contribution in [0.4, 0.5) is 17.1 Å². The molecule has 0 fully saturated rings. The van der Waals surface area contributed by atoms with Gasteiger partial charge in [-0.3, -0.25) is 0 Å². The molecule has 2 atom stereocenters. The summed E-state index contributed by atoms with van der Waals surface area (Å²) in [6.07, 6.45) is 1.12. The highest BCUT2D eigenvalue weighted by Gasteiger charge is 2.28. The molecule has 1 aromatic carbocycles. The number of nitrogen functional groups attached to an aromatic ring is 2. The molecule has 2 unspecified atom stereocenters. The molecule has 0 bridgehead atoms. The molecule has 0 radical (unpaired) electrons. The smallest absolute Gasteiger partial charge is 0.0613 e. The summed E-state index contributed by atoms with van der Waals surface area (Å²) >= 11 is 0. The van der Waals surface area contributed by atoms with E-state index >= 15 is 0 Å². The second kappa shape index (κ2) is 3.08. The third-order valence-corrected chi connectivity index (χ3v) is 3.04. The Balaban J connectivity index is 2.53. The molecule has 0 aromatic heterocycles. The summed E-state index contributed by atoms with van der Waals surface area (Å²) in [4.78, 5) is 0. The van der Waals surface area contributed by atoms with Crippen LogP contribution in [0, 0.1) is 0 Å². The van der Waals surface area contributed by atoms with Gasteiger partial charge in [-0.1, -0.05) is 6.92 Å². The number of fused-ring (bicyclic) bond motifs is 1. The minimum absolute atomic E-state index is 0.457. The second-order valence-corrected chi connectivity index (χ2v) is 4.02. The molecular weight excluding hydrogens is 174 g/mol. The lowest BCUT2D eigenvalue weighted by Gasteiger charge is -2.12. The maximum Gasteiger partial charge on any atom is 0.0613 e. The summed E-state index contributed by atoms with van der Waals surface area (Å²) < 4.78 is 0. The summed E-state index contributed by atoms with van der Waals surface area (Å²) in [5.41, 5.74) is 15.6. The van der Waals surface area contributed by atoms with Crippen LogP contribution < -0.4 is 16.8 Å². The minimum Gasteiger partial charge on any atom is -0.399 e. The molecule has 76 valence electrons. The highest BCUT2D eigenvalue weighted by atomic mass is 15.0. The summed E-state index contributed by atoms with van der Waals surface area (Å²) in [7, 11) is 0. The van der Waals surface area contributed by atoms with Crippen LogP contribution in [0.5, 0.6) is 0 Å². The van der Waals surface area contributed by atoms with Crippen LogP contribution in [0.1, 0.15) is 31.7 Å². The van der Waals surface area contributed by atoms with E-state index in [4.69, 9.17) is 11.5 Å². The lowest BCUT2D eigenvalue weighted by molar-refractivity contribution is 0.613. The van der Waals surface area contributed by atoms with Gasteiger partial charge >= 0.3 is 0 Å². The molecule has 2 rings (SSSR count). The van der Waals surface area contributed by atoms with Crippen LogP contribution >= 0.6 is 0 Å². The van der Waals surface area contributed by atoms with Crippen molar-refractivity contribution in [2.45, 2.75) is 32.2 Å². The number of nitrogens with two attached hydrogens (primary N) is 2. The fourth-order valence-corrected chi connectivity index (χ4v) is 2.34. The largest absolute Gasteiger partial charge is 0.399 e. The van der Waals surface area contributed by atoms with Gasteiger partial charge in [-0.15, -0.1) is 0 Å². The molecule has 0 amide bonds. The first-order chi connectivity index (χ1) is 6.63. The summed E-state index contributed by atoms with van der Waals surface area (Å²) in [6, 6.07) is 4.31. The molecule has 1 heterocycles. The van der Waals surface area contributed by atoms with Crippen LogP contribution in [0.2, 0.25) is 0 Å². The van der Waals surface area contributed by atoms with Crippen molar-refractivity contribution in [1.29, 1.82) is 0 Å². The van der Waals surface area contributed by atoms with E-state index in [0.29, 0.717) is 12.0 Å². The van der Waals surface area contributed by atoms with E-state index in [9.17, 15) is 0 Å². The Morgan fingerprint density at radius 2 is 2.07 bits per heavy atom. The summed E-state index contributed by atoms with van der Waals surface area (Å²) in [6.45, 7) is 4.38. The van der Waals surface area contributed by atoms with Gasteiger partial charge in [0.2, 0.25) is 0 Å². The number of hydrogen-bond donors (Lipinski definition) is 3. The molecule has 1 aliphatic rings. The molecule has 0 saturated heterocycles. The van der Waals surface area contributed by atoms with Gasteiger partial charge in [0.15, 0.2) is 0 Å². The number of benzene rings is 1. The zero-order chi connectivity index (χ0) is 10.3. The molecule has 0 aliphatic carbocycles. The molecule has 1 aromatic rings. The molecule has 0 saturated carbocycles. The van der Waals surface area contributed by atoms with Crippen LogP contribution in [-0.4, -0.2) is 6.04 Å². The van der Waals surface area contributed by atoms with Gasteiger partial charge in [-0.05, 0) is 31.0 Å². The quantitative estimate of drug-likeness (QED) is 0.596. The zero-order valence-corrected chi connectivity index (χ0v) is 8.67. The van der Waals surface area contributed by atoms with Crippen LogP contribution in [0.15, 0.2) is 12.1 Å². The average Bonchev–Trinajstić information content (AvgIpc) is 2.41. The monoisotopic (exact) mass is 191 g/mol. The van der Waals surface area contributed by atoms with E-state index in [-0.39, 0.29) is 0 Å². The Morgan fingerprint density at radius 3 is 2.71 bits per heavy atom. The van der Waals surface area contributed by atoms with Crippen molar-refractivity contribution in [3.8, 4) is 0 Å². The van der Waals surface area contributed by atoms with Gasteiger partial charge in [0.1, 0.15) is 0 Å². The van der Waals surface area contributed by atoms with Crippen LogP contribution in [0.3, 0.4) is 0 Å². The Kier molecular flexibility index (Phi) is 2.02. The molecule has 0 spiro atoms. The van der Waals surface area contributed by atoms with E-state index in [1.54, 1.807) is 0 Å². The highest BCUT2D eigenvalue weighted by molar-refractivity contribution is 5.78. The van der Waals surface area contributed by atoms with E-state index in [1.165, 1.54) is 5.56 Å². The number of hydrogen-bond acceptors (Lipinski definition) is 3. The topological polar surface area (TPSA) is 64.1 Å². The van der Waals surface area contributed by atoms with Gasteiger partial charge in [0, 0.05) is 17.6 Å². The zero-order valence-electron chi connectivity index (χ0n) is 8.67. The SMILES string of the molecule is CCC1c2cc(N)cc(N)c2NC1C. The van der Waals surface area contributed by atoms with Gasteiger partial charge in [0.25, 0.3) is 0 Å². The van der Waals surface area contributed by atoms with Crippen molar-refractivity contribution in [3.63, 3.8) is 0 Å². The predicted molar refractivity (Wildman–Crippen MR) is 61.4 cm³/mol. The van der Waals surface area contributed by atoms with Gasteiger partial charge < -0.3 is 16.8 Å². The van der Waals surface area contributed by atoms with Gasteiger partial charge in [0.05, 0.1) is 11.4 Å². The fourth-order valence-electron chi connectivity index (χ4n) is 2.34. The van der Waals surface area contributed by atoms with Crippen LogP contribution in [0.25, 0.3) is 0 Å². The van der Waals surface area contributed by atoms with Crippen molar-refractivity contribution >= 4 is 17.1 Å². The fraction of sp³-hybridized carbons (Fsp3) is 0.455. The van der Waals surface area contributed by atoms with Crippen molar-refractivity contribution in [2.24, 2.45) is 0 Å². The maximum atomic E-state index is 5.91. The van der Waals surface area contributed by atoms with E-state index in [2.05, 4.69) is 19.2 Å². The van der Waals surface area contributed by atoms with Crippen molar-refractivity contribution in [3.05, 3.63) is 17.7 Å². The third-order valence-electron chi connectivity index (χ3n) is 3.04. The molecule has 3 nitrogen and oxygen atoms in total. The van der Waals surface area contributed by atoms with Gasteiger partial charge in [-0.2, -0.15) is 0 Å². The molecule has 3 heteroatoms. The molecule has 1 aliphatic heterocycles. The second-order valence-electron chi connectivity index (χ2n) is 4.02. The Hall–Kier alpha value is -1.38. The Bertz CT molecular complexity index is 360. The summed E-state index contributed by atoms with van der Waals surface area (Å²) in [5.74, 6) is 0.538. The lowest BCUT2D eigenvalue weighted by Crippen LogP contribution is -2.15. The van der Waals surface area contributed by atoms with Crippen molar-refractivity contribution < 1.29 is 0 Å². The van der Waals surface area contributed by atoms with E-state index < -0.39 is 0 Å². The summed E-state index contributed by atoms with van der Waals surface area (Å²) in [5, 5.41) is 3.41. The van der Waals surface area contributed by atoms with Gasteiger partial charge in [-0.25, -0.2) is 0 Å². The number of anilines is 3. The first-order valence-corrected chi connectivity index (χ1v) is 5.09. The first-order valence-electron chi connectivity index (χ1n) is 5.09. The molecule has 5 N–H and O–H groups in total. The lowest BCUT2D eigenvalue weighted by atomic mass is 9.93. The maximum absolute atomic E-state index is 5.91. The minimum atomic E-state index is 0.457. The standard InChI is InChI=1S/C11H17N3/c1-3-8-6(2)14-11-9(8)4-7(12)5-10(11)13/h4-6,8,14H,3,12-13H2,1-2H3. The van der Waals surface area contributed by atoms with Crippen molar-refractivity contribution in [1.82, 2.24) is 0 Å². The first kappa shape index (κ1) is 9.19. The Morgan fingerprint density at radius 1 is 1.36 bits per heavy atom. The highest BCUT2D eigenvalue weighted by Crippen LogP contribution is 2.42. The number of rotatable bonds is 1. The normalized spacial score (nSPS) is 24.4. The molecular formula is C11H17N3. The molecule has 14 heavy (non-hydrogen) atoms. The third kappa shape index (κ3) is 1.20. The Labute approximate surface area is 84.5 Å². The van der Waals surface area contributed by atoms with Crippen molar-refractivity contribution in [2.75, 3.05) is 16.8 Å². The average molecular weight is 191 g/mol. The van der Waals surface area contributed by atoms with E-state index in [1.807, 2.05) is 12.1 Å². The van der Waals surface area contributed by atoms with E-state index in [0.717, 1.165) is 23.5 Å². The predicted octanol–water partition coefficient (Wildman–Crippen LogP) is 2.16. The number of nitrogens with one attached hydrogen (secondary N) is 1.